The molecule has 3 N–H and O–H groups in total. The molecule has 0 fully saturated rings. The van der Waals surface area contributed by atoms with Gasteiger partial charge in [-0.05, 0) is 47.9 Å². The largest absolute Gasteiger partial charge is 0.489 e. The van der Waals surface area contributed by atoms with Crippen LogP contribution in [0, 0.1) is 23.0 Å². The Morgan fingerprint density at radius 3 is 2.52 bits per heavy atom. The van der Waals surface area contributed by atoms with Crippen molar-refractivity contribution in [1.82, 2.24) is 5.43 Å². The molecular formula is C17H15F2N3O. The Labute approximate surface area is 132 Å². The summed E-state index contributed by atoms with van der Waals surface area (Å²) < 4.78 is 31.8. The lowest BCUT2D eigenvalue weighted by molar-refractivity contribution is 0.304. The topological polar surface area (TPSA) is 71.1 Å². The van der Waals surface area contributed by atoms with Crippen LogP contribution < -0.4 is 16.0 Å². The summed E-state index contributed by atoms with van der Waals surface area (Å²) in [6, 6.07) is 12.2. The van der Waals surface area contributed by atoms with Crippen LogP contribution >= 0.6 is 0 Å². The third-order valence-electron chi connectivity index (χ3n) is 3.23. The van der Waals surface area contributed by atoms with Crippen molar-refractivity contribution in [3.8, 4) is 11.8 Å². The molecule has 0 bridgehead atoms. The van der Waals surface area contributed by atoms with Gasteiger partial charge in [0.25, 0.3) is 0 Å². The fourth-order valence-corrected chi connectivity index (χ4v) is 2.05. The van der Waals surface area contributed by atoms with E-state index >= 15 is 0 Å². The normalized spacial score (nSPS) is 11.4. The van der Waals surface area contributed by atoms with Crippen molar-refractivity contribution in [3.05, 3.63) is 70.9 Å². The number of nitrogens with two attached hydrogens (primary N) is 1. The molecule has 0 aliphatic heterocycles. The van der Waals surface area contributed by atoms with E-state index in [9.17, 15) is 8.78 Å². The van der Waals surface area contributed by atoms with Gasteiger partial charge in [0, 0.05) is 6.07 Å². The van der Waals surface area contributed by atoms with E-state index in [2.05, 4.69) is 5.43 Å². The van der Waals surface area contributed by atoms with Crippen molar-refractivity contribution >= 4 is 5.57 Å². The molecule has 0 aliphatic rings. The van der Waals surface area contributed by atoms with Crippen LogP contribution in [0.15, 0.2) is 48.2 Å². The zero-order chi connectivity index (χ0) is 16.8. The second-order valence-corrected chi connectivity index (χ2v) is 4.85. The lowest BCUT2D eigenvalue weighted by Crippen LogP contribution is -2.21. The van der Waals surface area contributed by atoms with Gasteiger partial charge in [-0.1, -0.05) is 12.1 Å². The van der Waals surface area contributed by atoms with Crippen LogP contribution in [0.1, 0.15) is 18.1 Å². The first-order valence-electron chi connectivity index (χ1n) is 6.79. The van der Waals surface area contributed by atoms with Gasteiger partial charge in [-0.25, -0.2) is 14.6 Å². The van der Waals surface area contributed by atoms with E-state index in [-0.39, 0.29) is 12.3 Å². The second-order valence-electron chi connectivity index (χ2n) is 4.85. The van der Waals surface area contributed by atoms with Crippen molar-refractivity contribution in [3.63, 3.8) is 0 Å². The molecule has 2 aromatic carbocycles. The highest BCUT2D eigenvalue weighted by molar-refractivity contribution is 5.70. The number of hydrogen-bond donors (Lipinski definition) is 2. The SMILES string of the molecule is C/C(=C(/C#N)NN)c1cccc(OCc2cc(F)cc(F)c2)c1. The van der Waals surface area contributed by atoms with Gasteiger partial charge in [0.15, 0.2) is 0 Å². The minimum atomic E-state index is -0.649. The van der Waals surface area contributed by atoms with Crippen molar-refractivity contribution < 1.29 is 13.5 Å². The zero-order valence-electron chi connectivity index (χ0n) is 12.4. The van der Waals surface area contributed by atoms with Crippen LogP contribution in [-0.4, -0.2) is 0 Å². The number of hydrogen-bond acceptors (Lipinski definition) is 4. The van der Waals surface area contributed by atoms with E-state index in [0.717, 1.165) is 11.6 Å². The summed E-state index contributed by atoms with van der Waals surface area (Å²) >= 11 is 0. The molecule has 0 spiro atoms. The first-order valence-corrected chi connectivity index (χ1v) is 6.79. The number of hydrazine groups is 1. The van der Waals surface area contributed by atoms with Crippen LogP contribution in [0.5, 0.6) is 5.75 Å². The van der Waals surface area contributed by atoms with Gasteiger partial charge in [-0.3, -0.25) is 0 Å². The van der Waals surface area contributed by atoms with Crippen molar-refractivity contribution in [2.45, 2.75) is 13.5 Å². The number of ether oxygens (including phenoxy) is 1. The molecule has 0 amide bonds. The number of nitrogens with one attached hydrogen (secondary N) is 1. The minimum Gasteiger partial charge on any atom is -0.489 e. The summed E-state index contributed by atoms with van der Waals surface area (Å²) in [5, 5.41) is 8.98. The van der Waals surface area contributed by atoms with Crippen LogP contribution in [-0.2, 0) is 6.61 Å². The molecule has 0 saturated heterocycles. The summed E-state index contributed by atoms with van der Waals surface area (Å²) in [5.41, 5.74) is 4.39. The van der Waals surface area contributed by atoms with Crippen LogP contribution in [0.25, 0.3) is 5.57 Å². The molecule has 2 aromatic rings. The van der Waals surface area contributed by atoms with Gasteiger partial charge in [0.1, 0.15) is 35.8 Å². The maximum atomic E-state index is 13.1. The number of halogens is 2. The average Bonchev–Trinajstić information content (AvgIpc) is 2.53. The Kier molecular flexibility index (Phi) is 5.28. The first kappa shape index (κ1) is 16.5. The van der Waals surface area contributed by atoms with E-state index in [1.165, 1.54) is 12.1 Å². The molecule has 0 radical (unpaired) electrons. The quantitative estimate of drug-likeness (QED) is 0.505. The maximum absolute atomic E-state index is 13.1. The Morgan fingerprint density at radius 2 is 1.91 bits per heavy atom. The van der Waals surface area contributed by atoms with E-state index in [0.29, 0.717) is 16.9 Å². The maximum Gasteiger partial charge on any atom is 0.131 e. The third kappa shape index (κ3) is 4.28. The Morgan fingerprint density at radius 1 is 1.22 bits per heavy atom. The highest BCUT2D eigenvalue weighted by atomic mass is 19.1. The Balaban J connectivity index is 2.18. The van der Waals surface area contributed by atoms with Gasteiger partial charge in [-0.15, -0.1) is 0 Å². The summed E-state index contributed by atoms with van der Waals surface area (Å²) in [5.74, 6) is 4.51. The van der Waals surface area contributed by atoms with Crippen molar-refractivity contribution in [2.24, 2.45) is 5.84 Å². The fraction of sp³-hybridized carbons (Fsp3) is 0.118. The molecule has 0 aromatic heterocycles. The highest BCUT2D eigenvalue weighted by Crippen LogP contribution is 2.22. The molecule has 0 heterocycles. The summed E-state index contributed by atoms with van der Waals surface area (Å²) in [7, 11) is 0. The smallest absolute Gasteiger partial charge is 0.131 e. The van der Waals surface area contributed by atoms with Crippen LogP contribution in [0.3, 0.4) is 0 Å². The number of rotatable bonds is 5. The second kappa shape index (κ2) is 7.38. The zero-order valence-corrected chi connectivity index (χ0v) is 12.4. The molecule has 2 rings (SSSR count). The number of nitrogens with zero attached hydrogens (tertiary/aromatic N) is 1. The molecule has 0 unspecified atom stereocenters. The molecule has 0 atom stereocenters. The number of benzene rings is 2. The fourth-order valence-electron chi connectivity index (χ4n) is 2.05. The van der Waals surface area contributed by atoms with E-state index in [1.807, 2.05) is 6.07 Å². The monoisotopic (exact) mass is 315 g/mol. The van der Waals surface area contributed by atoms with Crippen LogP contribution in [0.4, 0.5) is 8.78 Å². The third-order valence-corrected chi connectivity index (χ3v) is 3.23. The van der Waals surface area contributed by atoms with E-state index in [1.54, 1.807) is 31.2 Å². The lowest BCUT2D eigenvalue weighted by Gasteiger charge is -2.10. The highest BCUT2D eigenvalue weighted by Gasteiger charge is 2.06. The molecule has 23 heavy (non-hydrogen) atoms. The number of allylic oxidation sites excluding steroid dienone is 2. The molecule has 118 valence electrons. The molecule has 4 nitrogen and oxygen atoms in total. The summed E-state index contributed by atoms with van der Waals surface area (Å²) in [6.45, 7) is 1.78. The van der Waals surface area contributed by atoms with Crippen molar-refractivity contribution in [2.75, 3.05) is 0 Å². The number of nitriles is 1. The van der Waals surface area contributed by atoms with Gasteiger partial charge in [0.2, 0.25) is 0 Å². The predicted octanol–water partition coefficient (Wildman–Crippen LogP) is 3.26. The average molecular weight is 315 g/mol. The van der Waals surface area contributed by atoms with Crippen LogP contribution in [0.2, 0.25) is 0 Å². The Hall–Kier alpha value is -2.91. The van der Waals surface area contributed by atoms with Gasteiger partial charge in [0.05, 0.1) is 0 Å². The van der Waals surface area contributed by atoms with Gasteiger partial charge in [-0.2, -0.15) is 5.26 Å². The molecule has 0 saturated carbocycles. The molecule has 0 aliphatic carbocycles. The summed E-state index contributed by atoms with van der Waals surface area (Å²) in [6.07, 6.45) is 0. The summed E-state index contributed by atoms with van der Waals surface area (Å²) in [4.78, 5) is 0. The molecular weight excluding hydrogens is 300 g/mol. The predicted molar refractivity (Wildman–Crippen MR) is 82.7 cm³/mol. The van der Waals surface area contributed by atoms with Crippen molar-refractivity contribution in [1.29, 1.82) is 5.26 Å². The standard InChI is InChI=1S/C17H15F2N3O/c1-11(17(9-20)22-21)13-3-2-4-16(7-13)23-10-12-5-14(18)8-15(19)6-12/h2-8,22H,10,21H2,1H3/b17-11+. The Bertz CT molecular complexity index is 761. The minimum absolute atomic E-state index is 0.0289. The van der Waals surface area contributed by atoms with Gasteiger partial charge < -0.3 is 10.2 Å². The first-order chi connectivity index (χ1) is 11.0. The van der Waals surface area contributed by atoms with Gasteiger partial charge >= 0.3 is 0 Å². The lowest BCUT2D eigenvalue weighted by atomic mass is 10.1. The van der Waals surface area contributed by atoms with E-state index < -0.39 is 11.6 Å². The molecule has 6 heteroatoms. The van der Waals surface area contributed by atoms with E-state index in [4.69, 9.17) is 15.8 Å².